The second-order valence-corrected chi connectivity index (χ2v) is 6.86. The Hall–Kier alpha value is -3.62. The monoisotopic (exact) mass is 396 g/mol. The standard InChI is InChI=1S/C20H18FN5O3/c1-13-4-2-3-5-16(13)22-17(27)12-26-19(29)18(28)25-11-10-24(20(25)23-26)15-8-6-14(21)7-9-15/h2-9,20H,10-12H2,1H3/p+1. The highest BCUT2D eigenvalue weighted by atomic mass is 19.1. The van der Waals surface area contributed by atoms with Crippen molar-refractivity contribution in [2.75, 3.05) is 29.9 Å². The van der Waals surface area contributed by atoms with Gasteiger partial charge in [0.15, 0.2) is 0 Å². The van der Waals surface area contributed by atoms with Crippen LogP contribution in [0.2, 0.25) is 0 Å². The Kier molecular flexibility index (Phi) is 4.79. The fourth-order valence-corrected chi connectivity index (χ4v) is 3.40. The van der Waals surface area contributed by atoms with E-state index in [1.54, 1.807) is 29.2 Å². The molecule has 2 aliphatic rings. The highest BCUT2D eigenvalue weighted by Gasteiger charge is 2.49. The molecule has 1 fully saturated rings. The number of carbonyl (C=O) groups is 3. The Morgan fingerprint density at radius 3 is 2.55 bits per heavy atom. The van der Waals surface area contributed by atoms with Gasteiger partial charge >= 0.3 is 11.8 Å². The molecular formula is C20H19FN5O3+. The van der Waals surface area contributed by atoms with Crippen LogP contribution in [0.4, 0.5) is 15.8 Å². The molecule has 148 valence electrons. The number of fused-ring (bicyclic) bond motifs is 1. The lowest BCUT2D eigenvalue weighted by Crippen LogP contribution is -2.52. The number of nitrogens with one attached hydrogen (secondary N) is 1. The Labute approximate surface area is 166 Å². The van der Waals surface area contributed by atoms with Crippen LogP contribution >= 0.6 is 0 Å². The van der Waals surface area contributed by atoms with Crippen molar-refractivity contribution in [3.05, 3.63) is 59.9 Å². The number of nitrogens with zero attached hydrogens (tertiary/aromatic N) is 4. The number of para-hydroxylation sites is 1. The van der Waals surface area contributed by atoms with Crippen LogP contribution in [0.5, 0.6) is 0 Å². The number of benzene rings is 2. The zero-order valence-corrected chi connectivity index (χ0v) is 15.7. The molecule has 1 N–H and O–H groups in total. The molecule has 0 radical (unpaired) electrons. The summed E-state index contributed by atoms with van der Waals surface area (Å²) in [7, 11) is 0. The molecule has 8 nitrogen and oxygen atoms in total. The summed E-state index contributed by atoms with van der Waals surface area (Å²) < 4.78 is 14.1. The number of hydrogen-bond donors (Lipinski definition) is 1. The second-order valence-electron chi connectivity index (χ2n) is 6.86. The topological polar surface area (TPSA) is 85.1 Å². The lowest BCUT2D eigenvalue weighted by atomic mass is 10.2. The van der Waals surface area contributed by atoms with Crippen LogP contribution in [0.3, 0.4) is 0 Å². The minimum Gasteiger partial charge on any atom is -0.326 e. The largest absolute Gasteiger partial charge is 0.502 e. The zero-order valence-electron chi connectivity index (χ0n) is 15.7. The fraction of sp³-hybridized carbons (Fsp3) is 0.250. The predicted octanol–water partition coefficient (Wildman–Crippen LogP) is 1.71. The van der Waals surface area contributed by atoms with Crippen molar-refractivity contribution in [3.63, 3.8) is 0 Å². The highest BCUT2D eigenvalue weighted by Crippen LogP contribution is 2.27. The average molecular weight is 396 g/mol. The molecule has 4 rings (SSSR count). The molecule has 0 spiro atoms. The summed E-state index contributed by atoms with van der Waals surface area (Å²) in [5, 5.41) is 7.05. The summed E-state index contributed by atoms with van der Waals surface area (Å²) >= 11 is 0. The molecule has 0 aromatic heterocycles. The highest BCUT2D eigenvalue weighted by molar-refractivity contribution is 6.32. The second kappa shape index (κ2) is 7.42. The van der Waals surface area contributed by atoms with Gasteiger partial charge in [-0.1, -0.05) is 18.2 Å². The minimum absolute atomic E-state index is 0.319. The number of amides is 3. The van der Waals surface area contributed by atoms with Crippen molar-refractivity contribution < 1.29 is 23.5 Å². The van der Waals surface area contributed by atoms with E-state index in [9.17, 15) is 18.8 Å². The van der Waals surface area contributed by atoms with Gasteiger partial charge in [0.1, 0.15) is 5.82 Å². The first-order valence-corrected chi connectivity index (χ1v) is 9.15. The van der Waals surface area contributed by atoms with Gasteiger partial charge in [0, 0.05) is 29.6 Å². The van der Waals surface area contributed by atoms with E-state index >= 15 is 0 Å². The van der Waals surface area contributed by atoms with E-state index in [0.717, 1.165) is 10.3 Å². The molecule has 1 saturated heterocycles. The average Bonchev–Trinajstić information content (AvgIpc) is 3.12. The molecule has 9 heteroatoms. The first-order valence-electron chi connectivity index (χ1n) is 9.15. The van der Waals surface area contributed by atoms with Gasteiger partial charge in [-0.2, -0.15) is 0 Å². The Bertz CT molecular complexity index is 1020. The lowest BCUT2D eigenvalue weighted by Gasteiger charge is -2.26. The maximum Gasteiger partial charge on any atom is 0.502 e. The third-order valence-corrected chi connectivity index (χ3v) is 4.93. The Morgan fingerprint density at radius 2 is 1.83 bits per heavy atom. The van der Waals surface area contributed by atoms with Gasteiger partial charge in [0.2, 0.25) is 0 Å². The van der Waals surface area contributed by atoms with Crippen LogP contribution in [0.25, 0.3) is 0 Å². The third kappa shape index (κ3) is 3.58. The molecule has 0 bridgehead atoms. The maximum atomic E-state index is 13.2. The Morgan fingerprint density at radius 1 is 1.14 bits per heavy atom. The number of anilines is 2. The number of rotatable bonds is 4. The minimum atomic E-state index is -0.845. The fourth-order valence-electron chi connectivity index (χ4n) is 3.40. The zero-order chi connectivity index (χ0) is 20.5. The van der Waals surface area contributed by atoms with Crippen LogP contribution in [0.1, 0.15) is 5.56 Å². The number of carbonyl (C=O) groups excluding carboxylic acids is 3. The van der Waals surface area contributed by atoms with E-state index in [2.05, 4.69) is 10.4 Å². The van der Waals surface area contributed by atoms with Crippen molar-refractivity contribution in [1.29, 1.82) is 0 Å². The molecule has 2 aromatic rings. The normalized spacial score (nSPS) is 18.6. The third-order valence-electron chi connectivity index (χ3n) is 4.93. The van der Waals surface area contributed by atoms with Crippen molar-refractivity contribution >= 4 is 29.1 Å². The number of aryl methyl sites for hydroxylation is 1. The first-order chi connectivity index (χ1) is 13.9. The van der Waals surface area contributed by atoms with Gasteiger partial charge in [-0.25, -0.2) is 9.18 Å². The van der Waals surface area contributed by atoms with Gasteiger partial charge in [0.25, 0.3) is 18.7 Å². The van der Waals surface area contributed by atoms with Gasteiger partial charge < -0.3 is 10.2 Å². The summed E-state index contributed by atoms with van der Waals surface area (Å²) in [5.41, 5.74) is 2.18. The Balaban J connectivity index is 1.56. The van der Waals surface area contributed by atoms with E-state index in [-0.39, 0.29) is 12.4 Å². The SMILES string of the molecule is Cc1ccccc1NC(=O)C[N+]1=NC2N(CCN2c2ccc(F)cc2)C(=O)C1=O. The van der Waals surface area contributed by atoms with E-state index < -0.39 is 24.0 Å². The molecular weight excluding hydrogens is 377 g/mol. The van der Waals surface area contributed by atoms with Gasteiger partial charge in [-0.05, 0) is 47.5 Å². The van der Waals surface area contributed by atoms with Crippen LogP contribution in [-0.4, -0.2) is 53.2 Å². The number of hydrogen-bond acceptors (Lipinski definition) is 5. The van der Waals surface area contributed by atoms with Gasteiger partial charge in [0.05, 0.1) is 0 Å². The van der Waals surface area contributed by atoms with E-state index in [0.29, 0.717) is 24.5 Å². The van der Waals surface area contributed by atoms with Crippen LogP contribution in [0.15, 0.2) is 53.6 Å². The van der Waals surface area contributed by atoms with E-state index in [4.69, 9.17) is 0 Å². The van der Waals surface area contributed by atoms with Crippen LogP contribution < -0.4 is 10.2 Å². The smallest absolute Gasteiger partial charge is 0.326 e. The van der Waals surface area contributed by atoms with Crippen LogP contribution in [-0.2, 0) is 14.4 Å². The molecule has 0 saturated carbocycles. The summed E-state index contributed by atoms with van der Waals surface area (Å²) in [5.74, 6) is -2.38. The summed E-state index contributed by atoms with van der Waals surface area (Å²) in [6.07, 6.45) is -0.753. The molecule has 2 heterocycles. The van der Waals surface area contributed by atoms with Crippen molar-refractivity contribution in [3.8, 4) is 0 Å². The number of halogens is 1. The molecule has 3 amide bonds. The molecule has 2 aromatic carbocycles. The van der Waals surface area contributed by atoms with E-state index in [1.807, 2.05) is 19.1 Å². The molecule has 1 atom stereocenters. The van der Waals surface area contributed by atoms with E-state index in [1.165, 1.54) is 17.0 Å². The quantitative estimate of drug-likeness (QED) is 0.630. The molecule has 2 aliphatic heterocycles. The summed E-state index contributed by atoms with van der Waals surface area (Å²) in [6, 6.07) is 13.1. The van der Waals surface area contributed by atoms with Crippen molar-refractivity contribution in [2.45, 2.75) is 13.2 Å². The van der Waals surface area contributed by atoms with Gasteiger partial charge in [-0.15, -0.1) is 0 Å². The van der Waals surface area contributed by atoms with Gasteiger partial charge in [-0.3, -0.25) is 14.5 Å². The first kappa shape index (κ1) is 18.7. The molecule has 29 heavy (non-hydrogen) atoms. The molecule has 1 unspecified atom stereocenters. The number of azo groups is 2. The maximum absolute atomic E-state index is 13.2. The summed E-state index contributed by atoms with van der Waals surface area (Å²) in [4.78, 5) is 40.5. The lowest BCUT2D eigenvalue weighted by molar-refractivity contribution is -0.509. The molecule has 0 aliphatic carbocycles. The van der Waals surface area contributed by atoms with Crippen molar-refractivity contribution in [1.82, 2.24) is 4.90 Å². The van der Waals surface area contributed by atoms with Crippen LogP contribution in [0, 0.1) is 12.7 Å². The predicted molar refractivity (Wildman–Crippen MR) is 102 cm³/mol. The summed E-state index contributed by atoms with van der Waals surface area (Å²) in [6.45, 7) is 2.24. The van der Waals surface area contributed by atoms with Crippen molar-refractivity contribution in [2.24, 2.45) is 5.11 Å².